The molecule has 1 saturated heterocycles. The second kappa shape index (κ2) is 8.11. The van der Waals surface area contributed by atoms with Gasteiger partial charge in [-0.25, -0.2) is 4.98 Å². The van der Waals surface area contributed by atoms with Crippen LogP contribution in [0.5, 0.6) is 0 Å². The van der Waals surface area contributed by atoms with E-state index in [4.69, 9.17) is 4.74 Å². The molecule has 0 spiro atoms. The summed E-state index contributed by atoms with van der Waals surface area (Å²) in [6.07, 6.45) is 3.83. The predicted octanol–water partition coefficient (Wildman–Crippen LogP) is 2.59. The number of nitrogens with zero attached hydrogens (tertiary/aromatic N) is 3. The van der Waals surface area contributed by atoms with E-state index in [1.807, 2.05) is 35.9 Å². The lowest BCUT2D eigenvalue weighted by molar-refractivity contribution is 0.0570. The smallest absolute Gasteiger partial charge is 0.255 e. The van der Waals surface area contributed by atoms with E-state index in [2.05, 4.69) is 11.6 Å². The molecule has 0 bridgehead atoms. The van der Waals surface area contributed by atoms with Gasteiger partial charge in [0.25, 0.3) is 5.91 Å². The van der Waals surface area contributed by atoms with Crippen molar-refractivity contribution < 1.29 is 9.53 Å². The van der Waals surface area contributed by atoms with E-state index in [1.165, 1.54) is 0 Å². The number of likely N-dealkylation sites (N-methyl/N-ethyl adjacent to an activating group) is 1. The van der Waals surface area contributed by atoms with E-state index >= 15 is 0 Å². The summed E-state index contributed by atoms with van der Waals surface area (Å²) >= 11 is 0. The van der Waals surface area contributed by atoms with Crippen LogP contribution in [0.15, 0.2) is 30.5 Å². The van der Waals surface area contributed by atoms with Crippen LogP contribution in [-0.2, 0) is 4.74 Å². The first-order valence-electron chi connectivity index (χ1n) is 8.11. The lowest BCUT2D eigenvalue weighted by atomic mass is 9.98. The van der Waals surface area contributed by atoms with Crippen molar-refractivity contribution in [3.8, 4) is 0 Å². The minimum absolute atomic E-state index is 0.0624. The number of hydrogen-bond donors (Lipinski definition) is 0. The maximum atomic E-state index is 12.6. The number of amides is 1. The fourth-order valence-electron chi connectivity index (χ4n) is 3.03. The summed E-state index contributed by atoms with van der Waals surface area (Å²) in [5, 5.41) is 0. The van der Waals surface area contributed by atoms with E-state index < -0.39 is 0 Å². The molecule has 0 unspecified atom stereocenters. The molecule has 0 N–H and O–H groups in total. The first kappa shape index (κ1) is 17.5. The molecule has 2 rings (SSSR count). The van der Waals surface area contributed by atoms with Crippen LogP contribution in [0, 0.1) is 5.92 Å². The van der Waals surface area contributed by atoms with Gasteiger partial charge in [-0.15, -0.1) is 0 Å². The first-order chi connectivity index (χ1) is 11.0. The average Bonchev–Trinajstić information content (AvgIpc) is 2.54. The fraction of sp³-hybridized carbons (Fsp3) is 0.556. The zero-order chi connectivity index (χ0) is 16.8. The number of piperidine rings is 1. The number of carbonyl (C=O) groups excluding carboxylic acids is 1. The molecule has 1 aromatic heterocycles. The third kappa shape index (κ3) is 4.79. The summed E-state index contributed by atoms with van der Waals surface area (Å²) in [5.74, 6) is 1.35. The number of ether oxygens (including phenoxy) is 1. The van der Waals surface area contributed by atoms with Gasteiger partial charge in [0.15, 0.2) is 0 Å². The van der Waals surface area contributed by atoms with Gasteiger partial charge in [-0.3, -0.25) is 4.79 Å². The van der Waals surface area contributed by atoms with Crippen LogP contribution in [0.25, 0.3) is 0 Å². The lowest BCUT2D eigenvalue weighted by Gasteiger charge is -2.32. The molecule has 5 heteroatoms. The molecular formula is C18H27N3O2. The van der Waals surface area contributed by atoms with E-state index in [-0.39, 0.29) is 5.91 Å². The van der Waals surface area contributed by atoms with Crippen molar-refractivity contribution in [2.45, 2.75) is 19.8 Å². The summed E-state index contributed by atoms with van der Waals surface area (Å²) < 4.78 is 5.23. The number of methoxy groups -OCH3 is 1. The van der Waals surface area contributed by atoms with Gasteiger partial charge in [-0.05, 0) is 37.8 Å². The second-order valence-electron chi connectivity index (χ2n) is 6.43. The quantitative estimate of drug-likeness (QED) is 0.757. The van der Waals surface area contributed by atoms with Gasteiger partial charge in [-0.1, -0.05) is 12.2 Å². The van der Waals surface area contributed by atoms with Crippen LogP contribution >= 0.6 is 0 Å². The van der Waals surface area contributed by atoms with Gasteiger partial charge in [-0.2, -0.15) is 0 Å². The highest BCUT2D eigenvalue weighted by molar-refractivity contribution is 5.94. The number of carbonyl (C=O) groups is 1. The highest BCUT2D eigenvalue weighted by Crippen LogP contribution is 2.19. The molecule has 1 amide bonds. The Bertz CT molecular complexity index is 540. The van der Waals surface area contributed by atoms with Gasteiger partial charge < -0.3 is 14.5 Å². The number of pyridine rings is 1. The largest absolute Gasteiger partial charge is 0.384 e. The van der Waals surface area contributed by atoms with Gasteiger partial charge in [0.1, 0.15) is 5.82 Å². The molecule has 1 aromatic rings. The van der Waals surface area contributed by atoms with E-state index in [0.717, 1.165) is 43.9 Å². The van der Waals surface area contributed by atoms with Crippen molar-refractivity contribution in [3.05, 3.63) is 36.0 Å². The van der Waals surface area contributed by atoms with Crippen LogP contribution in [0.4, 0.5) is 5.82 Å². The Morgan fingerprint density at radius 1 is 1.52 bits per heavy atom. The fourth-order valence-corrected chi connectivity index (χ4v) is 3.03. The Balaban J connectivity index is 2.01. The van der Waals surface area contributed by atoms with Crippen molar-refractivity contribution in [1.82, 2.24) is 9.88 Å². The van der Waals surface area contributed by atoms with Crippen molar-refractivity contribution >= 4 is 11.7 Å². The molecule has 1 aliphatic rings. The molecule has 0 radical (unpaired) electrons. The third-order valence-electron chi connectivity index (χ3n) is 4.10. The average molecular weight is 317 g/mol. The minimum Gasteiger partial charge on any atom is -0.384 e. The Morgan fingerprint density at radius 2 is 2.30 bits per heavy atom. The van der Waals surface area contributed by atoms with E-state index in [1.54, 1.807) is 13.3 Å². The Labute approximate surface area is 138 Å². The molecule has 23 heavy (non-hydrogen) atoms. The maximum absolute atomic E-state index is 12.6. The molecule has 0 aliphatic carbocycles. The molecule has 5 nitrogen and oxygen atoms in total. The Morgan fingerprint density at radius 3 is 2.91 bits per heavy atom. The van der Waals surface area contributed by atoms with Gasteiger partial charge in [0, 0.05) is 40.0 Å². The molecular weight excluding hydrogens is 290 g/mol. The third-order valence-corrected chi connectivity index (χ3v) is 4.10. The molecule has 1 aliphatic heterocycles. The van der Waals surface area contributed by atoms with Crippen molar-refractivity contribution in [2.75, 3.05) is 45.3 Å². The van der Waals surface area contributed by atoms with Gasteiger partial charge in [0.2, 0.25) is 0 Å². The SMILES string of the molecule is C=C(C)CN(C)c1ccc(C(=O)N2CCC[C@H](COC)C2)cn1. The molecule has 1 atom stereocenters. The summed E-state index contributed by atoms with van der Waals surface area (Å²) in [6.45, 7) is 8.95. The van der Waals surface area contributed by atoms with E-state index in [0.29, 0.717) is 18.1 Å². The zero-order valence-corrected chi connectivity index (χ0v) is 14.4. The summed E-state index contributed by atoms with van der Waals surface area (Å²) in [5.41, 5.74) is 1.72. The number of rotatable bonds is 6. The van der Waals surface area contributed by atoms with Gasteiger partial charge in [0.05, 0.1) is 12.2 Å². The van der Waals surface area contributed by atoms with Crippen LogP contribution in [0.3, 0.4) is 0 Å². The number of anilines is 1. The van der Waals surface area contributed by atoms with Crippen LogP contribution in [-0.4, -0.2) is 56.2 Å². The first-order valence-corrected chi connectivity index (χ1v) is 8.11. The summed E-state index contributed by atoms with van der Waals surface area (Å²) in [6, 6.07) is 3.76. The number of hydrogen-bond acceptors (Lipinski definition) is 4. The predicted molar refractivity (Wildman–Crippen MR) is 92.8 cm³/mol. The molecule has 1 fully saturated rings. The Kier molecular flexibility index (Phi) is 6.16. The maximum Gasteiger partial charge on any atom is 0.255 e. The van der Waals surface area contributed by atoms with Crippen LogP contribution in [0.1, 0.15) is 30.1 Å². The highest BCUT2D eigenvalue weighted by Gasteiger charge is 2.24. The molecule has 0 saturated carbocycles. The van der Waals surface area contributed by atoms with Crippen molar-refractivity contribution in [2.24, 2.45) is 5.92 Å². The van der Waals surface area contributed by atoms with Crippen molar-refractivity contribution in [3.63, 3.8) is 0 Å². The van der Waals surface area contributed by atoms with Crippen LogP contribution < -0.4 is 4.90 Å². The monoisotopic (exact) mass is 317 g/mol. The topological polar surface area (TPSA) is 45.7 Å². The van der Waals surface area contributed by atoms with E-state index in [9.17, 15) is 4.79 Å². The number of likely N-dealkylation sites (tertiary alicyclic amines) is 1. The van der Waals surface area contributed by atoms with Crippen LogP contribution in [0.2, 0.25) is 0 Å². The second-order valence-corrected chi connectivity index (χ2v) is 6.43. The summed E-state index contributed by atoms with van der Waals surface area (Å²) in [7, 11) is 3.68. The highest BCUT2D eigenvalue weighted by atomic mass is 16.5. The standard InChI is InChI=1S/C18H27N3O2/c1-14(2)11-20(3)17-8-7-16(10-19-17)18(22)21-9-5-6-15(12-21)13-23-4/h7-8,10,15H,1,5-6,9,11-13H2,2-4H3/t15-/m0/s1. The summed E-state index contributed by atoms with van der Waals surface area (Å²) in [4.78, 5) is 21.0. The molecule has 0 aromatic carbocycles. The zero-order valence-electron chi connectivity index (χ0n) is 14.4. The molecule has 2 heterocycles. The number of aromatic nitrogens is 1. The lowest BCUT2D eigenvalue weighted by Crippen LogP contribution is -2.41. The molecule has 126 valence electrons. The van der Waals surface area contributed by atoms with Crippen molar-refractivity contribution in [1.29, 1.82) is 0 Å². The minimum atomic E-state index is 0.0624. The normalized spacial score (nSPS) is 17.9. The Hall–Kier alpha value is -1.88. The van der Waals surface area contributed by atoms with Gasteiger partial charge >= 0.3 is 0 Å².